The van der Waals surface area contributed by atoms with Crippen molar-refractivity contribution in [3.8, 4) is 22.3 Å². The minimum absolute atomic E-state index is 1.12. The number of nitrogens with zero attached hydrogens (tertiary/aromatic N) is 1. The molecule has 0 aliphatic rings. The molecule has 8 aromatic rings. The van der Waals surface area contributed by atoms with Crippen molar-refractivity contribution in [1.29, 1.82) is 0 Å². The molecule has 1 aromatic heterocycles. The molecule has 0 N–H and O–H groups in total. The van der Waals surface area contributed by atoms with Crippen LogP contribution in [0.2, 0.25) is 0 Å². The van der Waals surface area contributed by atoms with Gasteiger partial charge in [0.25, 0.3) is 0 Å². The van der Waals surface area contributed by atoms with Crippen molar-refractivity contribution in [1.82, 2.24) is 0 Å². The Hall–Kier alpha value is -5.18. The van der Waals surface area contributed by atoms with E-state index in [1.54, 1.807) is 0 Å². The van der Waals surface area contributed by atoms with Crippen LogP contribution in [0.5, 0.6) is 0 Å². The fourth-order valence-corrected chi connectivity index (χ4v) is 7.20. The Morgan fingerprint density at radius 3 is 1.93 bits per heavy atom. The maximum Gasteiger partial charge on any atom is 0.0540 e. The maximum absolute atomic E-state index is 2.41. The van der Waals surface area contributed by atoms with Crippen LogP contribution < -0.4 is 4.90 Å². The summed E-state index contributed by atoms with van der Waals surface area (Å²) in [7, 11) is 0. The monoisotopic (exact) mass is 553 g/mol. The van der Waals surface area contributed by atoms with Gasteiger partial charge in [0, 0.05) is 37.1 Å². The van der Waals surface area contributed by atoms with Crippen molar-refractivity contribution in [3.63, 3.8) is 0 Å². The number of hydrogen-bond donors (Lipinski definition) is 0. The molecule has 0 amide bonds. The van der Waals surface area contributed by atoms with Gasteiger partial charge in [0.1, 0.15) is 0 Å². The average Bonchev–Trinajstić information content (AvgIpc) is 3.45. The van der Waals surface area contributed by atoms with Crippen LogP contribution in [-0.4, -0.2) is 0 Å². The van der Waals surface area contributed by atoms with Crippen LogP contribution in [0.25, 0.3) is 53.2 Å². The van der Waals surface area contributed by atoms with Crippen molar-refractivity contribution in [2.24, 2.45) is 0 Å². The highest BCUT2D eigenvalue weighted by Crippen LogP contribution is 2.46. The second kappa shape index (κ2) is 10.3. The second-order valence-electron chi connectivity index (χ2n) is 10.6. The van der Waals surface area contributed by atoms with Crippen LogP contribution in [-0.2, 0) is 0 Å². The molecule has 0 aliphatic carbocycles. The van der Waals surface area contributed by atoms with E-state index in [1.807, 2.05) is 11.3 Å². The van der Waals surface area contributed by atoms with Gasteiger partial charge in [-0.3, -0.25) is 0 Å². The number of para-hydroxylation sites is 1. The molecular weight excluding hydrogens is 527 g/mol. The van der Waals surface area contributed by atoms with Crippen LogP contribution >= 0.6 is 11.3 Å². The van der Waals surface area contributed by atoms with E-state index >= 15 is 0 Å². The van der Waals surface area contributed by atoms with Crippen LogP contribution in [0, 0.1) is 0 Å². The van der Waals surface area contributed by atoms with E-state index in [9.17, 15) is 0 Å². The van der Waals surface area contributed by atoms with Crippen molar-refractivity contribution in [2.75, 3.05) is 4.90 Å². The molecule has 2 heteroatoms. The minimum atomic E-state index is 1.12. The van der Waals surface area contributed by atoms with Crippen molar-refractivity contribution >= 4 is 59.3 Å². The quantitative estimate of drug-likeness (QED) is 0.205. The van der Waals surface area contributed by atoms with E-state index < -0.39 is 0 Å². The molecule has 0 aliphatic heterocycles. The lowest BCUT2D eigenvalue weighted by Crippen LogP contribution is -2.11. The summed E-state index contributed by atoms with van der Waals surface area (Å²) in [6, 6.07) is 59.2. The molecule has 7 aromatic carbocycles. The molecule has 1 heterocycles. The molecule has 0 spiro atoms. The largest absolute Gasteiger partial charge is 0.310 e. The Bertz CT molecular complexity index is 2190. The third-order valence-electron chi connectivity index (χ3n) is 8.06. The SMILES string of the molecule is c1ccc(-c2ccc(N(c3ccc4ccccc4c3)c3ccccc3-c3cccc4sc5ccccc5c34)cc2)cc1. The Morgan fingerprint density at radius 2 is 1.05 bits per heavy atom. The normalized spacial score (nSPS) is 11.3. The summed E-state index contributed by atoms with van der Waals surface area (Å²) in [5.41, 5.74) is 8.32. The number of anilines is 3. The highest BCUT2D eigenvalue weighted by molar-refractivity contribution is 7.25. The van der Waals surface area contributed by atoms with E-state index in [1.165, 1.54) is 53.2 Å². The smallest absolute Gasteiger partial charge is 0.0540 e. The first-order valence-corrected chi connectivity index (χ1v) is 15.1. The molecule has 0 saturated heterocycles. The first kappa shape index (κ1) is 24.6. The van der Waals surface area contributed by atoms with Crippen LogP contribution in [0.15, 0.2) is 164 Å². The summed E-state index contributed by atoms with van der Waals surface area (Å²) < 4.78 is 2.63. The minimum Gasteiger partial charge on any atom is -0.310 e. The van der Waals surface area contributed by atoms with Gasteiger partial charge in [-0.05, 0) is 69.9 Å². The van der Waals surface area contributed by atoms with Crippen LogP contribution in [0.4, 0.5) is 17.1 Å². The summed E-state index contributed by atoms with van der Waals surface area (Å²) in [5, 5.41) is 5.10. The molecule has 8 rings (SSSR count). The molecular formula is C40H27NS. The molecule has 0 atom stereocenters. The van der Waals surface area contributed by atoms with E-state index in [-0.39, 0.29) is 0 Å². The average molecular weight is 554 g/mol. The number of fused-ring (bicyclic) bond motifs is 4. The number of benzene rings is 7. The van der Waals surface area contributed by atoms with Gasteiger partial charge in [0.05, 0.1) is 5.69 Å². The van der Waals surface area contributed by atoms with Gasteiger partial charge in [-0.2, -0.15) is 0 Å². The highest BCUT2D eigenvalue weighted by atomic mass is 32.1. The van der Waals surface area contributed by atoms with Crippen LogP contribution in [0.1, 0.15) is 0 Å². The van der Waals surface area contributed by atoms with Crippen molar-refractivity contribution in [2.45, 2.75) is 0 Å². The van der Waals surface area contributed by atoms with Gasteiger partial charge >= 0.3 is 0 Å². The van der Waals surface area contributed by atoms with Gasteiger partial charge < -0.3 is 4.90 Å². The molecule has 198 valence electrons. The zero-order chi connectivity index (χ0) is 27.9. The van der Waals surface area contributed by atoms with Gasteiger partial charge in [-0.15, -0.1) is 11.3 Å². The Labute approximate surface area is 249 Å². The first-order valence-electron chi connectivity index (χ1n) is 14.3. The van der Waals surface area contributed by atoms with E-state index in [2.05, 4.69) is 169 Å². The summed E-state index contributed by atoms with van der Waals surface area (Å²) in [6.07, 6.45) is 0. The summed E-state index contributed by atoms with van der Waals surface area (Å²) in [5.74, 6) is 0. The zero-order valence-electron chi connectivity index (χ0n) is 22.9. The number of hydrogen-bond acceptors (Lipinski definition) is 2. The van der Waals surface area contributed by atoms with Gasteiger partial charge in [-0.25, -0.2) is 0 Å². The molecule has 0 radical (unpaired) electrons. The van der Waals surface area contributed by atoms with Gasteiger partial charge in [-0.1, -0.05) is 121 Å². The molecule has 0 bridgehead atoms. The van der Waals surface area contributed by atoms with Crippen molar-refractivity contribution < 1.29 is 0 Å². The Morgan fingerprint density at radius 1 is 0.405 bits per heavy atom. The van der Waals surface area contributed by atoms with Gasteiger partial charge in [0.15, 0.2) is 0 Å². The first-order chi connectivity index (χ1) is 20.8. The maximum atomic E-state index is 2.41. The van der Waals surface area contributed by atoms with Crippen LogP contribution in [0.3, 0.4) is 0 Å². The molecule has 0 fully saturated rings. The molecule has 0 saturated carbocycles. The zero-order valence-corrected chi connectivity index (χ0v) is 23.8. The number of rotatable bonds is 5. The fourth-order valence-electron chi connectivity index (χ4n) is 6.07. The third kappa shape index (κ3) is 4.25. The molecule has 0 unspecified atom stereocenters. The van der Waals surface area contributed by atoms with Gasteiger partial charge in [0.2, 0.25) is 0 Å². The summed E-state index contributed by atoms with van der Waals surface area (Å²) in [6.45, 7) is 0. The highest BCUT2D eigenvalue weighted by Gasteiger charge is 2.20. The second-order valence-corrected chi connectivity index (χ2v) is 11.7. The van der Waals surface area contributed by atoms with Crippen molar-refractivity contribution in [3.05, 3.63) is 164 Å². The number of thiophene rings is 1. The van der Waals surface area contributed by atoms with E-state index in [0.717, 1.165) is 17.1 Å². The summed E-state index contributed by atoms with van der Waals surface area (Å²) >= 11 is 1.86. The topological polar surface area (TPSA) is 3.24 Å². The Balaban J connectivity index is 1.36. The lowest BCUT2D eigenvalue weighted by Gasteiger charge is -2.28. The predicted octanol–water partition coefficient (Wildman–Crippen LogP) is 12.0. The lowest BCUT2D eigenvalue weighted by molar-refractivity contribution is 1.29. The van der Waals surface area contributed by atoms with E-state index in [0.29, 0.717) is 0 Å². The molecule has 42 heavy (non-hydrogen) atoms. The lowest BCUT2D eigenvalue weighted by atomic mass is 9.96. The standard InChI is InChI=1S/C40H27NS/c1-2-11-28(12-3-1)30-21-24-32(25-22-30)41(33-26-23-29-13-4-5-14-31(29)27-33)37-18-8-6-15-34(37)35-17-10-20-39-40(35)36-16-7-9-19-38(36)42-39/h1-27H. The fraction of sp³-hybridized carbons (Fsp3) is 0. The van der Waals surface area contributed by atoms with E-state index in [4.69, 9.17) is 0 Å². The molecule has 1 nitrogen and oxygen atoms in total. The predicted molar refractivity (Wildman–Crippen MR) is 182 cm³/mol. The third-order valence-corrected chi connectivity index (χ3v) is 9.20. The summed E-state index contributed by atoms with van der Waals surface area (Å²) in [4.78, 5) is 2.41. The Kier molecular flexibility index (Phi) is 6.05.